The molecular formula is C28H36ClN3O4. The van der Waals surface area contributed by atoms with Gasteiger partial charge in [-0.05, 0) is 100 Å². The van der Waals surface area contributed by atoms with E-state index in [9.17, 15) is 9.90 Å². The Hall–Kier alpha value is -1.77. The summed E-state index contributed by atoms with van der Waals surface area (Å²) in [7, 11) is 0. The fourth-order valence-electron chi connectivity index (χ4n) is 6.49. The van der Waals surface area contributed by atoms with Crippen LogP contribution >= 0.6 is 11.6 Å². The van der Waals surface area contributed by atoms with E-state index in [4.69, 9.17) is 21.1 Å². The number of nitrogens with one attached hydrogen (secondary N) is 1. The van der Waals surface area contributed by atoms with Gasteiger partial charge in [0.15, 0.2) is 0 Å². The molecular weight excluding hydrogens is 478 g/mol. The molecule has 0 unspecified atom stereocenters. The van der Waals surface area contributed by atoms with Crippen molar-refractivity contribution in [1.29, 1.82) is 0 Å². The Morgan fingerprint density at radius 2 is 1.94 bits per heavy atom. The predicted octanol–water partition coefficient (Wildman–Crippen LogP) is 4.51. The van der Waals surface area contributed by atoms with Gasteiger partial charge >= 0.3 is 0 Å². The summed E-state index contributed by atoms with van der Waals surface area (Å²) in [5.41, 5.74) is 0.900. The van der Waals surface area contributed by atoms with Gasteiger partial charge in [0.2, 0.25) is 5.91 Å². The first-order chi connectivity index (χ1) is 17.4. The zero-order valence-electron chi connectivity index (χ0n) is 21.0. The van der Waals surface area contributed by atoms with Crippen LogP contribution in [0.25, 0.3) is 10.8 Å². The van der Waals surface area contributed by atoms with Gasteiger partial charge in [0.1, 0.15) is 5.82 Å². The maximum absolute atomic E-state index is 12.9. The molecule has 1 aromatic carbocycles. The molecule has 3 saturated heterocycles. The van der Waals surface area contributed by atoms with Crippen molar-refractivity contribution in [1.82, 2.24) is 9.88 Å². The van der Waals surface area contributed by atoms with E-state index in [-0.39, 0.29) is 23.0 Å². The van der Waals surface area contributed by atoms with Crippen molar-refractivity contribution >= 4 is 34.1 Å². The Labute approximate surface area is 217 Å². The van der Waals surface area contributed by atoms with E-state index in [2.05, 4.69) is 28.2 Å². The number of nitrogens with zero attached hydrogens (tertiary/aromatic N) is 2. The average molecular weight is 514 g/mol. The SMILES string of the molecule is C[C@]1(N2CCC(c3cc4cc(NC(=O)[C@@H]5CCC6(CCC6)OC5)ncc4cc3Cl)CC2)COC[C@H]1O. The van der Waals surface area contributed by atoms with Gasteiger partial charge < -0.3 is 19.9 Å². The van der Waals surface area contributed by atoms with Gasteiger partial charge in [0.25, 0.3) is 0 Å². The van der Waals surface area contributed by atoms with Gasteiger partial charge in [-0.2, -0.15) is 0 Å². The Kier molecular flexibility index (Phi) is 6.49. The molecule has 1 saturated carbocycles. The third kappa shape index (κ3) is 4.43. The highest BCUT2D eigenvalue weighted by molar-refractivity contribution is 6.32. The number of piperidine rings is 1. The molecule has 0 bridgehead atoms. The van der Waals surface area contributed by atoms with Crippen LogP contribution in [0.3, 0.4) is 0 Å². The van der Waals surface area contributed by atoms with Gasteiger partial charge in [-0.3, -0.25) is 9.69 Å². The smallest absolute Gasteiger partial charge is 0.230 e. The second-order valence-corrected chi connectivity index (χ2v) is 11.9. The van der Waals surface area contributed by atoms with E-state index in [1.807, 2.05) is 12.1 Å². The highest BCUT2D eigenvalue weighted by Gasteiger charge is 2.45. The summed E-state index contributed by atoms with van der Waals surface area (Å²) in [6.07, 6.45) is 8.64. The summed E-state index contributed by atoms with van der Waals surface area (Å²) >= 11 is 6.73. The number of halogens is 1. The number of aliphatic hydroxyl groups is 1. The van der Waals surface area contributed by atoms with E-state index < -0.39 is 6.10 Å². The van der Waals surface area contributed by atoms with Gasteiger partial charge in [-0.1, -0.05) is 11.6 Å². The van der Waals surface area contributed by atoms with Crippen molar-refractivity contribution in [2.24, 2.45) is 5.92 Å². The van der Waals surface area contributed by atoms with Crippen LogP contribution in [0.5, 0.6) is 0 Å². The first-order valence-corrected chi connectivity index (χ1v) is 13.8. The molecule has 1 spiro atoms. The van der Waals surface area contributed by atoms with Crippen molar-refractivity contribution in [3.8, 4) is 0 Å². The van der Waals surface area contributed by atoms with Crippen LogP contribution in [0.15, 0.2) is 24.4 Å². The average Bonchev–Trinajstić information content (AvgIpc) is 3.22. The molecule has 2 N–H and O–H groups in total. The molecule has 36 heavy (non-hydrogen) atoms. The van der Waals surface area contributed by atoms with Crippen molar-refractivity contribution in [3.63, 3.8) is 0 Å². The zero-order valence-corrected chi connectivity index (χ0v) is 21.7. The summed E-state index contributed by atoms with van der Waals surface area (Å²) in [4.78, 5) is 19.7. The lowest BCUT2D eigenvalue weighted by atomic mass is 9.73. The topological polar surface area (TPSA) is 83.9 Å². The summed E-state index contributed by atoms with van der Waals surface area (Å²) in [5, 5.41) is 16.2. The molecule has 2 aromatic rings. The molecule has 6 rings (SSSR count). The molecule has 3 atom stereocenters. The van der Waals surface area contributed by atoms with Crippen LogP contribution in [-0.4, -0.2) is 71.1 Å². The summed E-state index contributed by atoms with van der Waals surface area (Å²) in [6.45, 7) is 5.39. The van der Waals surface area contributed by atoms with Crippen LogP contribution in [-0.2, 0) is 14.3 Å². The van der Waals surface area contributed by atoms with E-state index in [0.717, 1.165) is 73.0 Å². The number of hydrogen-bond acceptors (Lipinski definition) is 6. The Morgan fingerprint density at radius 1 is 1.14 bits per heavy atom. The molecule has 0 radical (unpaired) electrons. The highest BCUT2D eigenvalue weighted by Crippen LogP contribution is 2.44. The van der Waals surface area contributed by atoms with Crippen molar-refractivity contribution in [2.75, 3.05) is 38.2 Å². The number of likely N-dealkylation sites (tertiary alicyclic amines) is 1. The summed E-state index contributed by atoms with van der Waals surface area (Å²) in [5.74, 6) is 0.794. The second-order valence-electron chi connectivity index (χ2n) is 11.5. The fourth-order valence-corrected chi connectivity index (χ4v) is 6.82. The minimum Gasteiger partial charge on any atom is -0.389 e. The molecule has 1 aromatic heterocycles. The van der Waals surface area contributed by atoms with Crippen molar-refractivity contribution in [2.45, 2.75) is 75.0 Å². The van der Waals surface area contributed by atoms with Gasteiger partial charge in [0, 0.05) is 16.6 Å². The lowest BCUT2D eigenvalue weighted by Crippen LogP contribution is -2.56. The van der Waals surface area contributed by atoms with Crippen LogP contribution in [0.4, 0.5) is 5.82 Å². The number of pyridine rings is 1. The van der Waals surface area contributed by atoms with Gasteiger partial charge in [-0.15, -0.1) is 0 Å². The lowest BCUT2D eigenvalue weighted by Gasteiger charge is -2.46. The van der Waals surface area contributed by atoms with E-state index in [1.165, 1.54) is 6.42 Å². The first kappa shape index (κ1) is 24.6. The van der Waals surface area contributed by atoms with Crippen LogP contribution < -0.4 is 5.32 Å². The van der Waals surface area contributed by atoms with E-state index >= 15 is 0 Å². The van der Waals surface area contributed by atoms with Crippen LogP contribution in [0.1, 0.15) is 63.4 Å². The molecule has 3 aliphatic heterocycles. The van der Waals surface area contributed by atoms with E-state index in [0.29, 0.717) is 31.6 Å². The number of aromatic nitrogens is 1. The van der Waals surface area contributed by atoms with Crippen molar-refractivity contribution in [3.05, 3.63) is 35.0 Å². The fraction of sp³-hybridized carbons (Fsp3) is 0.643. The van der Waals surface area contributed by atoms with Gasteiger partial charge in [-0.25, -0.2) is 4.98 Å². The molecule has 7 nitrogen and oxygen atoms in total. The third-order valence-electron chi connectivity index (χ3n) is 9.31. The number of carbonyl (C=O) groups is 1. The Balaban J connectivity index is 1.13. The first-order valence-electron chi connectivity index (χ1n) is 13.4. The number of hydrogen-bond donors (Lipinski definition) is 2. The minimum atomic E-state index is -0.445. The molecule has 4 fully saturated rings. The zero-order chi connectivity index (χ0) is 24.9. The Bertz CT molecular complexity index is 1140. The van der Waals surface area contributed by atoms with Crippen LogP contribution in [0.2, 0.25) is 5.02 Å². The standard InChI is InChI=1S/C28H36ClN3O4/c1-27(17-35-16-24(27)33)32-9-4-18(5-10-32)22-11-20-13-25(30-14-21(20)12-23(22)29)31-26(34)19-3-8-28(36-15-19)6-2-7-28/h11-14,18-19,24,33H,2-10,15-17H2,1H3,(H,30,31,34)/t19-,24-,27+/m1/s1. The number of benzene rings is 1. The molecule has 4 aliphatic rings. The summed E-state index contributed by atoms with van der Waals surface area (Å²) in [6, 6.07) is 6.10. The maximum atomic E-state index is 12.9. The molecule has 1 amide bonds. The monoisotopic (exact) mass is 513 g/mol. The second kappa shape index (κ2) is 9.52. The minimum absolute atomic E-state index is 0.0100. The third-order valence-corrected chi connectivity index (χ3v) is 9.64. The summed E-state index contributed by atoms with van der Waals surface area (Å²) < 4.78 is 11.6. The quantitative estimate of drug-likeness (QED) is 0.626. The number of fused-ring (bicyclic) bond motifs is 1. The predicted molar refractivity (Wildman–Crippen MR) is 139 cm³/mol. The number of aliphatic hydroxyl groups excluding tert-OH is 1. The lowest BCUT2D eigenvalue weighted by molar-refractivity contribution is -0.154. The number of carbonyl (C=O) groups excluding carboxylic acids is 1. The molecule has 194 valence electrons. The van der Waals surface area contributed by atoms with E-state index in [1.54, 1.807) is 6.20 Å². The van der Waals surface area contributed by atoms with Gasteiger partial charge in [0.05, 0.1) is 43.0 Å². The normalized spacial score (nSPS) is 31.0. The highest BCUT2D eigenvalue weighted by atomic mass is 35.5. The molecule has 1 aliphatic carbocycles. The maximum Gasteiger partial charge on any atom is 0.230 e. The van der Waals surface area contributed by atoms with Crippen molar-refractivity contribution < 1.29 is 19.4 Å². The molecule has 8 heteroatoms. The number of anilines is 1. The molecule has 4 heterocycles. The number of rotatable bonds is 4. The number of amides is 1. The largest absolute Gasteiger partial charge is 0.389 e. The van der Waals surface area contributed by atoms with Crippen LogP contribution in [0, 0.1) is 5.92 Å². The Morgan fingerprint density at radius 3 is 2.58 bits per heavy atom. The number of ether oxygens (including phenoxy) is 2.